The summed E-state index contributed by atoms with van der Waals surface area (Å²) in [6, 6.07) is 20.8. The molecule has 150 valence electrons. The summed E-state index contributed by atoms with van der Waals surface area (Å²) in [6.07, 6.45) is 3.56. The van der Waals surface area contributed by atoms with E-state index in [1.807, 2.05) is 35.9 Å². The van der Waals surface area contributed by atoms with Crippen LogP contribution >= 0.6 is 0 Å². The van der Waals surface area contributed by atoms with E-state index >= 15 is 0 Å². The molecule has 2 heterocycles. The van der Waals surface area contributed by atoms with E-state index in [1.54, 1.807) is 35.0 Å². The van der Waals surface area contributed by atoms with Gasteiger partial charge in [-0.05, 0) is 55.8 Å². The van der Waals surface area contributed by atoms with Gasteiger partial charge in [-0.15, -0.1) is 0 Å². The lowest BCUT2D eigenvalue weighted by Crippen LogP contribution is -2.22. The summed E-state index contributed by atoms with van der Waals surface area (Å²) in [5.74, 6) is -0.330. The summed E-state index contributed by atoms with van der Waals surface area (Å²) >= 11 is 0. The largest absolute Gasteiger partial charge is 0.330 e. The Hall–Kier alpha value is -3.93. The minimum absolute atomic E-state index is 0.210. The Morgan fingerprint density at radius 3 is 2.37 bits per heavy atom. The third-order valence-corrected chi connectivity index (χ3v) is 4.94. The molecule has 2 aromatic heterocycles. The van der Waals surface area contributed by atoms with Crippen LogP contribution in [0.25, 0.3) is 5.69 Å². The lowest BCUT2D eigenvalue weighted by atomic mass is 10.1. The summed E-state index contributed by atoms with van der Waals surface area (Å²) in [6.45, 7) is 4.52. The second kappa shape index (κ2) is 8.21. The topological polar surface area (TPSA) is 72.2 Å². The fourth-order valence-corrected chi connectivity index (χ4v) is 3.29. The van der Waals surface area contributed by atoms with Gasteiger partial charge in [0.15, 0.2) is 0 Å². The zero-order valence-corrected chi connectivity index (χ0v) is 16.9. The van der Waals surface area contributed by atoms with Gasteiger partial charge in [0.1, 0.15) is 5.49 Å². The van der Waals surface area contributed by atoms with E-state index in [-0.39, 0.29) is 11.6 Å². The van der Waals surface area contributed by atoms with Crippen LogP contribution in [0.15, 0.2) is 88.9 Å². The number of aromatic amines is 1. The average Bonchev–Trinajstić information content (AvgIpc) is 3.09. The van der Waals surface area contributed by atoms with Crippen molar-refractivity contribution in [2.24, 2.45) is 4.99 Å². The number of carbonyl (C=O) groups excluding carboxylic acids is 1. The number of nitrogens with zero attached hydrogens (tertiary/aromatic N) is 3. The van der Waals surface area contributed by atoms with Crippen molar-refractivity contribution in [3.8, 4) is 5.69 Å². The van der Waals surface area contributed by atoms with Crippen LogP contribution in [0.4, 0.5) is 0 Å². The monoisotopic (exact) mass is 398 g/mol. The van der Waals surface area contributed by atoms with Gasteiger partial charge >= 0.3 is 5.69 Å². The average molecular weight is 398 g/mol. The van der Waals surface area contributed by atoms with Crippen LogP contribution in [-0.4, -0.2) is 20.0 Å². The number of hydrogen-bond acceptors (Lipinski definition) is 2. The lowest BCUT2D eigenvalue weighted by molar-refractivity contribution is 0.0997. The number of hydrogen-bond donors (Lipinski definition) is 1. The highest BCUT2D eigenvalue weighted by Gasteiger charge is 2.08. The molecule has 6 nitrogen and oxygen atoms in total. The third kappa shape index (κ3) is 4.07. The van der Waals surface area contributed by atoms with Crippen molar-refractivity contribution in [3.05, 3.63) is 117 Å². The van der Waals surface area contributed by atoms with Crippen molar-refractivity contribution in [2.45, 2.75) is 20.4 Å². The van der Waals surface area contributed by atoms with E-state index in [0.717, 1.165) is 11.3 Å². The van der Waals surface area contributed by atoms with E-state index in [2.05, 4.69) is 41.2 Å². The maximum Gasteiger partial charge on any atom is 0.330 e. The summed E-state index contributed by atoms with van der Waals surface area (Å²) in [4.78, 5) is 31.6. The number of H-pyrrole nitrogens is 1. The molecule has 1 N–H and O–H groups in total. The number of carbonyl (C=O) groups is 1. The fourth-order valence-electron chi connectivity index (χ4n) is 3.29. The number of pyridine rings is 1. The molecular weight excluding hydrogens is 376 g/mol. The van der Waals surface area contributed by atoms with Crippen molar-refractivity contribution in [3.63, 3.8) is 0 Å². The molecule has 0 unspecified atom stereocenters. The Balaban J connectivity index is 1.62. The molecular formula is C24H22N4O2. The highest BCUT2D eigenvalue weighted by molar-refractivity contribution is 5.95. The van der Waals surface area contributed by atoms with Crippen LogP contribution in [0.5, 0.6) is 0 Å². The first-order valence-corrected chi connectivity index (χ1v) is 9.69. The van der Waals surface area contributed by atoms with Crippen LogP contribution in [0, 0.1) is 13.8 Å². The molecule has 30 heavy (non-hydrogen) atoms. The van der Waals surface area contributed by atoms with Crippen molar-refractivity contribution >= 4 is 5.91 Å². The van der Waals surface area contributed by atoms with E-state index < -0.39 is 0 Å². The van der Waals surface area contributed by atoms with E-state index in [4.69, 9.17) is 0 Å². The number of benzene rings is 2. The predicted octanol–water partition coefficient (Wildman–Crippen LogP) is 3.37. The maximum atomic E-state index is 12.7. The molecule has 0 saturated carbocycles. The van der Waals surface area contributed by atoms with Gasteiger partial charge in [-0.3, -0.25) is 9.36 Å². The number of nitrogens with one attached hydrogen (secondary N) is 1. The van der Waals surface area contributed by atoms with Crippen LogP contribution in [-0.2, 0) is 6.54 Å². The number of aromatic nitrogens is 3. The molecule has 0 saturated heterocycles. The summed E-state index contributed by atoms with van der Waals surface area (Å²) in [5.41, 5.74) is 4.68. The molecule has 0 aliphatic carbocycles. The Morgan fingerprint density at radius 2 is 1.70 bits per heavy atom. The normalized spacial score (nSPS) is 11.6. The minimum atomic E-state index is -0.330. The third-order valence-electron chi connectivity index (χ3n) is 4.94. The maximum absolute atomic E-state index is 12.7. The molecule has 0 aliphatic heterocycles. The van der Waals surface area contributed by atoms with Gasteiger partial charge in [-0.1, -0.05) is 35.9 Å². The Morgan fingerprint density at radius 1 is 0.967 bits per heavy atom. The van der Waals surface area contributed by atoms with Crippen LogP contribution in [0.2, 0.25) is 0 Å². The van der Waals surface area contributed by atoms with E-state index in [1.165, 1.54) is 5.56 Å². The first-order valence-electron chi connectivity index (χ1n) is 9.69. The van der Waals surface area contributed by atoms with Crippen molar-refractivity contribution in [1.82, 2.24) is 14.1 Å². The van der Waals surface area contributed by atoms with Gasteiger partial charge in [-0.2, -0.15) is 4.99 Å². The molecule has 0 bridgehead atoms. The van der Waals surface area contributed by atoms with Crippen molar-refractivity contribution in [1.29, 1.82) is 0 Å². The molecule has 0 atom stereocenters. The first kappa shape index (κ1) is 19.4. The molecule has 1 amide bonds. The van der Waals surface area contributed by atoms with E-state index in [0.29, 0.717) is 23.3 Å². The van der Waals surface area contributed by atoms with Gasteiger partial charge < -0.3 is 9.55 Å². The summed E-state index contributed by atoms with van der Waals surface area (Å²) in [5, 5.41) is 0. The van der Waals surface area contributed by atoms with Gasteiger partial charge in [0.25, 0.3) is 5.91 Å². The SMILES string of the molecule is Cc1ccc(Cn2ccccc2=NC(=O)c2ccc(-n3c(C)c[nH]c3=O)cc2)cc1. The number of rotatable bonds is 4. The second-order valence-corrected chi connectivity index (χ2v) is 7.21. The second-order valence-electron chi connectivity index (χ2n) is 7.21. The predicted molar refractivity (Wildman–Crippen MR) is 116 cm³/mol. The fraction of sp³-hybridized carbons (Fsp3) is 0.125. The van der Waals surface area contributed by atoms with Crippen LogP contribution in [0.3, 0.4) is 0 Å². The van der Waals surface area contributed by atoms with Crippen molar-refractivity contribution in [2.75, 3.05) is 0 Å². The zero-order valence-electron chi connectivity index (χ0n) is 16.9. The van der Waals surface area contributed by atoms with Gasteiger partial charge in [0.05, 0.1) is 5.69 Å². The highest BCUT2D eigenvalue weighted by Crippen LogP contribution is 2.11. The summed E-state index contributed by atoms with van der Waals surface area (Å²) in [7, 11) is 0. The molecule has 4 rings (SSSR count). The Labute approximate surface area is 173 Å². The quantitative estimate of drug-likeness (QED) is 0.572. The minimum Gasteiger partial charge on any atom is -0.328 e. The molecule has 0 fully saturated rings. The Kier molecular flexibility index (Phi) is 5.30. The van der Waals surface area contributed by atoms with Crippen molar-refractivity contribution < 1.29 is 4.79 Å². The molecule has 6 heteroatoms. The highest BCUT2D eigenvalue weighted by atomic mass is 16.1. The lowest BCUT2D eigenvalue weighted by Gasteiger charge is -2.08. The van der Waals surface area contributed by atoms with Crippen LogP contribution in [0.1, 0.15) is 27.2 Å². The molecule has 2 aromatic carbocycles. The van der Waals surface area contributed by atoms with Gasteiger partial charge in [0, 0.05) is 30.2 Å². The van der Waals surface area contributed by atoms with Gasteiger partial charge in [-0.25, -0.2) is 4.79 Å². The number of imidazole rings is 1. The molecule has 4 aromatic rings. The Bertz CT molecular complexity index is 1310. The first-order chi connectivity index (χ1) is 14.5. The molecule has 0 spiro atoms. The van der Waals surface area contributed by atoms with Crippen LogP contribution < -0.4 is 11.2 Å². The number of amides is 1. The van der Waals surface area contributed by atoms with Gasteiger partial charge in [0.2, 0.25) is 0 Å². The standard InChI is InChI=1S/C24H22N4O2/c1-17-6-8-19(9-7-17)16-27-14-4-3-5-22(27)26-23(29)20-10-12-21(13-11-20)28-18(2)15-25-24(28)30/h3-15H,16H2,1-2H3,(H,25,30). The summed E-state index contributed by atoms with van der Waals surface area (Å²) < 4.78 is 3.50. The molecule has 0 aliphatic rings. The molecule has 0 radical (unpaired) electrons. The van der Waals surface area contributed by atoms with E-state index in [9.17, 15) is 9.59 Å². The number of aryl methyl sites for hydroxylation is 2. The smallest absolute Gasteiger partial charge is 0.328 e. The zero-order chi connectivity index (χ0) is 21.1.